The van der Waals surface area contributed by atoms with Crippen molar-refractivity contribution in [1.29, 1.82) is 0 Å². The zero-order valence-corrected chi connectivity index (χ0v) is 12.0. The smallest absolute Gasteiger partial charge is 0.0945 e. The fourth-order valence-corrected chi connectivity index (χ4v) is 2.91. The van der Waals surface area contributed by atoms with Crippen molar-refractivity contribution < 1.29 is 5.11 Å². The highest BCUT2D eigenvalue weighted by atomic mass is 16.3. The molecule has 0 saturated carbocycles. The van der Waals surface area contributed by atoms with E-state index < -0.39 is 6.10 Å². The van der Waals surface area contributed by atoms with E-state index in [0.717, 1.165) is 18.5 Å². The van der Waals surface area contributed by atoms with Crippen molar-refractivity contribution >= 4 is 0 Å². The zero-order valence-electron chi connectivity index (χ0n) is 12.0. The van der Waals surface area contributed by atoms with Gasteiger partial charge in [0.05, 0.1) is 6.10 Å². The van der Waals surface area contributed by atoms with Crippen LogP contribution in [0.2, 0.25) is 0 Å². The number of fused-ring (bicyclic) bond motifs is 1. The molecule has 0 saturated heterocycles. The van der Waals surface area contributed by atoms with E-state index in [0.29, 0.717) is 5.92 Å². The highest BCUT2D eigenvalue weighted by Crippen LogP contribution is 2.28. The van der Waals surface area contributed by atoms with Gasteiger partial charge in [-0.3, -0.25) is 0 Å². The molecule has 0 spiro atoms. The van der Waals surface area contributed by atoms with Crippen molar-refractivity contribution in [2.24, 2.45) is 5.92 Å². The minimum atomic E-state index is -0.453. The molecule has 2 rings (SSSR count). The monoisotopic (exact) mass is 259 g/mol. The fraction of sp³-hybridized carbons (Fsp3) is 0.529. The molecular weight excluding hydrogens is 234 g/mol. The summed E-state index contributed by atoms with van der Waals surface area (Å²) in [6.07, 6.45) is 4.98. The van der Waals surface area contributed by atoms with Gasteiger partial charge in [0.2, 0.25) is 0 Å². The van der Waals surface area contributed by atoms with E-state index in [9.17, 15) is 5.11 Å². The van der Waals surface area contributed by atoms with Gasteiger partial charge in [0.1, 0.15) is 0 Å². The molecule has 1 aromatic rings. The molecule has 0 fully saturated rings. The first-order valence-corrected chi connectivity index (χ1v) is 7.27. The zero-order chi connectivity index (χ0) is 13.8. The molecule has 2 nitrogen and oxygen atoms in total. The molecule has 2 heteroatoms. The van der Waals surface area contributed by atoms with E-state index in [1.807, 2.05) is 6.08 Å². The molecule has 1 aliphatic rings. The average Bonchev–Trinajstić information content (AvgIpc) is 2.85. The third-order valence-corrected chi connectivity index (χ3v) is 4.02. The number of benzene rings is 1. The Labute approximate surface area is 116 Å². The summed E-state index contributed by atoms with van der Waals surface area (Å²) in [7, 11) is 0. The summed E-state index contributed by atoms with van der Waals surface area (Å²) in [5.41, 5.74) is 3.91. The number of aliphatic hydroxyl groups excluding tert-OH is 1. The van der Waals surface area contributed by atoms with Crippen LogP contribution in [0, 0.1) is 5.92 Å². The summed E-state index contributed by atoms with van der Waals surface area (Å²) in [5.74, 6) is 0.378. The molecule has 0 bridgehead atoms. The molecule has 19 heavy (non-hydrogen) atoms. The Hall–Kier alpha value is -1.12. The van der Waals surface area contributed by atoms with Gasteiger partial charge in [0.25, 0.3) is 0 Å². The van der Waals surface area contributed by atoms with Crippen molar-refractivity contribution in [3.8, 4) is 0 Å². The van der Waals surface area contributed by atoms with Crippen LogP contribution in [0.5, 0.6) is 0 Å². The molecule has 2 atom stereocenters. The second kappa shape index (κ2) is 6.36. The lowest BCUT2D eigenvalue weighted by Crippen LogP contribution is -2.39. The lowest BCUT2D eigenvalue weighted by molar-refractivity contribution is 0.107. The summed E-state index contributed by atoms with van der Waals surface area (Å²) in [5, 5.41) is 14.0. The first kappa shape index (κ1) is 14.3. The first-order valence-electron chi connectivity index (χ1n) is 7.27. The SMILES string of the molecule is C=CCNC(C(C)C)C(O)c1ccc2c(c1)CCC2. The van der Waals surface area contributed by atoms with Crippen LogP contribution in [0.1, 0.15) is 43.1 Å². The predicted molar refractivity (Wildman–Crippen MR) is 80.3 cm³/mol. The summed E-state index contributed by atoms with van der Waals surface area (Å²) >= 11 is 0. The van der Waals surface area contributed by atoms with Gasteiger partial charge in [-0.25, -0.2) is 0 Å². The van der Waals surface area contributed by atoms with Crippen LogP contribution in [-0.2, 0) is 12.8 Å². The summed E-state index contributed by atoms with van der Waals surface area (Å²) in [4.78, 5) is 0. The lowest BCUT2D eigenvalue weighted by Gasteiger charge is -2.28. The maximum atomic E-state index is 10.6. The maximum Gasteiger partial charge on any atom is 0.0945 e. The standard InChI is InChI=1S/C17H25NO/c1-4-10-18-16(12(2)3)17(19)15-9-8-13-6-5-7-14(13)11-15/h4,8-9,11-12,16-19H,1,5-7,10H2,2-3H3. The van der Waals surface area contributed by atoms with E-state index >= 15 is 0 Å². The molecule has 0 aromatic heterocycles. The van der Waals surface area contributed by atoms with Crippen LogP contribution in [0.15, 0.2) is 30.9 Å². The van der Waals surface area contributed by atoms with Crippen molar-refractivity contribution in [3.63, 3.8) is 0 Å². The Morgan fingerprint density at radius 3 is 2.74 bits per heavy atom. The summed E-state index contributed by atoms with van der Waals surface area (Å²) in [6.45, 7) is 8.73. The minimum absolute atomic E-state index is 0.0671. The second-order valence-electron chi connectivity index (χ2n) is 5.79. The second-order valence-corrected chi connectivity index (χ2v) is 5.79. The molecule has 104 valence electrons. The summed E-state index contributed by atoms with van der Waals surface area (Å²) in [6, 6.07) is 6.53. The highest BCUT2D eigenvalue weighted by Gasteiger charge is 2.24. The van der Waals surface area contributed by atoms with Crippen LogP contribution in [0.3, 0.4) is 0 Å². The van der Waals surface area contributed by atoms with Crippen molar-refractivity contribution in [3.05, 3.63) is 47.5 Å². The Morgan fingerprint density at radius 2 is 2.05 bits per heavy atom. The van der Waals surface area contributed by atoms with Crippen LogP contribution < -0.4 is 5.32 Å². The third-order valence-electron chi connectivity index (χ3n) is 4.02. The number of rotatable bonds is 6. The highest BCUT2D eigenvalue weighted by molar-refractivity contribution is 5.36. The summed E-state index contributed by atoms with van der Waals surface area (Å²) < 4.78 is 0. The van der Waals surface area contributed by atoms with Crippen molar-refractivity contribution in [2.75, 3.05) is 6.54 Å². The van der Waals surface area contributed by atoms with E-state index in [-0.39, 0.29) is 6.04 Å². The van der Waals surface area contributed by atoms with Gasteiger partial charge in [-0.2, -0.15) is 0 Å². The van der Waals surface area contributed by atoms with Gasteiger partial charge in [-0.1, -0.05) is 38.1 Å². The van der Waals surface area contributed by atoms with Crippen molar-refractivity contribution in [2.45, 2.75) is 45.3 Å². The van der Waals surface area contributed by atoms with Crippen LogP contribution in [0.4, 0.5) is 0 Å². The van der Waals surface area contributed by atoms with Gasteiger partial charge in [-0.15, -0.1) is 6.58 Å². The van der Waals surface area contributed by atoms with Crippen LogP contribution in [0.25, 0.3) is 0 Å². The fourth-order valence-electron chi connectivity index (χ4n) is 2.91. The van der Waals surface area contributed by atoms with Gasteiger partial charge in [0.15, 0.2) is 0 Å². The molecule has 1 aliphatic carbocycles. The quantitative estimate of drug-likeness (QED) is 0.770. The molecule has 1 aromatic carbocycles. The van der Waals surface area contributed by atoms with Crippen LogP contribution in [-0.4, -0.2) is 17.7 Å². The number of hydrogen-bond acceptors (Lipinski definition) is 2. The van der Waals surface area contributed by atoms with Gasteiger partial charge < -0.3 is 10.4 Å². The molecule has 0 aliphatic heterocycles. The third kappa shape index (κ3) is 3.26. The topological polar surface area (TPSA) is 32.3 Å². The molecule has 2 N–H and O–H groups in total. The average molecular weight is 259 g/mol. The Kier molecular flexibility index (Phi) is 4.78. The van der Waals surface area contributed by atoms with E-state index in [2.05, 4.69) is 43.9 Å². The molecular formula is C17H25NO. The van der Waals surface area contributed by atoms with Crippen LogP contribution >= 0.6 is 0 Å². The van der Waals surface area contributed by atoms with Crippen molar-refractivity contribution in [1.82, 2.24) is 5.32 Å². The number of aliphatic hydroxyl groups is 1. The van der Waals surface area contributed by atoms with Gasteiger partial charge in [0, 0.05) is 12.6 Å². The first-order chi connectivity index (χ1) is 9.13. The molecule has 0 amide bonds. The molecule has 0 radical (unpaired) electrons. The normalized spacial score (nSPS) is 17.3. The number of nitrogens with one attached hydrogen (secondary N) is 1. The largest absolute Gasteiger partial charge is 0.387 e. The Balaban J connectivity index is 2.16. The van der Waals surface area contributed by atoms with Gasteiger partial charge in [-0.05, 0) is 41.9 Å². The number of aryl methyl sites for hydroxylation is 2. The Bertz CT molecular complexity index is 439. The molecule has 0 heterocycles. The Morgan fingerprint density at radius 1 is 1.32 bits per heavy atom. The maximum absolute atomic E-state index is 10.6. The van der Waals surface area contributed by atoms with Gasteiger partial charge >= 0.3 is 0 Å². The lowest BCUT2D eigenvalue weighted by atomic mass is 9.92. The molecule has 2 unspecified atom stereocenters. The van der Waals surface area contributed by atoms with E-state index in [1.54, 1.807) is 0 Å². The number of hydrogen-bond donors (Lipinski definition) is 2. The predicted octanol–water partition coefficient (Wildman–Crippen LogP) is 3.01. The minimum Gasteiger partial charge on any atom is -0.387 e. The van der Waals surface area contributed by atoms with E-state index in [1.165, 1.54) is 24.0 Å². The van der Waals surface area contributed by atoms with E-state index in [4.69, 9.17) is 0 Å².